The zero-order valence-corrected chi connectivity index (χ0v) is 18.8. The molecule has 0 unspecified atom stereocenters. The largest absolute Gasteiger partial charge is 0.452 e. The number of hydrogen-bond donors (Lipinski definition) is 1. The quantitative estimate of drug-likeness (QED) is 0.531. The van der Waals surface area contributed by atoms with Gasteiger partial charge in [-0.1, -0.05) is 17.7 Å². The monoisotopic (exact) mass is 466 g/mol. The summed E-state index contributed by atoms with van der Waals surface area (Å²) in [5, 5.41) is 3.19. The van der Waals surface area contributed by atoms with Crippen LogP contribution < -0.4 is 10.2 Å². The van der Waals surface area contributed by atoms with E-state index in [2.05, 4.69) is 5.32 Å². The van der Waals surface area contributed by atoms with Crippen molar-refractivity contribution in [3.05, 3.63) is 58.6 Å². The highest BCUT2D eigenvalue weighted by atomic mass is 35.5. The van der Waals surface area contributed by atoms with E-state index in [0.717, 1.165) is 24.8 Å². The summed E-state index contributed by atoms with van der Waals surface area (Å²) in [6, 6.07) is 11.3. The number of halogens is 1. The van der Waals surface area contributed by atoms with Gasteiger partial charge in [0.15, 0.2) is 6.61 Å². The van der Waals surface area contributed by atoms with Crippen molar-refractivity contribution in [1.82, 2.24) is 0 Å². The number of nitrogens with one attached hydrogen (secondary N) is 1. The predicted molar refractivity (Wildman–Crippen MR) is 122 cm³/mol. The number of amides is 3. The molecular weight excluding hydrogens is 444 g/mol. The Bertz CT molecular complexity index is 1130. The number of hydrogen-bond acceptors (Lipinski definition) is 5. The number of benzene rings is 2. The highest BCUT2D eigenvalue weighted by Gasteiger charge is 2.61. The molecule has 0 spiro atoms. The van der Waals surface area contributed by atoms with Gasteiger partial charge in [0, 0.05) is 10.7 Å². The molecule has 4 atom stereocenters. The van der Waals surface area contributed by atoms with E-state index in [-0.39, 0.29) is 29.2 Å². The van der Waals surface area contributed by atoms with E-state index in [1.54, 1.807) is 37.3 Å². The van der Waals surface area contributed by atoms with Gasteiger partial charge in [0.2, 0.25) is 11.8 Å². The van der Waals surface area contributed by atoms with E-state index in [1.807, 2.05) is 0 Å². The molecule has 2 aliphatic carbocycles. The second-order valence-corrected chi connectivity index (χ2v) is 9.39. The van der Waals surface area contributed by atoms with Gasteiger partial charge in [-0.15, -0.1) is 0 Å². The Balaban J connectivity index is 1.20. The van der Waals surface area contributed by atoms with Crippen LogP contribution >= 0.6 is 11.6 Å². The van der Waals surface area contributed by atoms with Crippen LogP contribution in [0, 0.1) is 30.6 Å². The molecule has 1 saturated heterocycles. The predicted octanol–water partition coefficient (Wildman–Crippen LogP) is 3.98. The summed E-state index contributed by atoms with van der Waals surface area (Å²) in [5.41, 5.74) is 1.96. The summed E-state index contributed by atoms with van der Waals surface area (Å²) < 4.78 is 5.11. The highest BCUT2D eigenvalue weighted by molar-refractivity contribution is 6.31. The van der Waals surface area contributed by atoms with Gasteiger partial charge in [-0.2, -0.15) is 0 Å². The number of carbonyl (C=O) groups excluding carboxylic acids is 4. The normalized spacial score (nSPS) is 25.3. The maximum atomic E-state index is 12.9. The van der Waals surface area contributed by atoms with E-state index >= 15 is 0 Å². The van der Waals surface area contributed by atoms with Crippen molar-refractivity contribution in [2.45, 2.75) is 26.2 Å². The first-order chi connectivity index (χ1) is 15.8. The molecule has 0 radical (unpaired) electrons. The molecule has 0 aromatic heterocycles. The van der Waals surface area contributed by atoms with Crippen molar-refractivity contribution < 1.29 is 23.9 Å². The average Bonchev–Trinajstić information content (AvgIpc) is 3.49. The molecular formula is C25H23ClN2O5. The van der Waals surface area contributed by atoms with Crippen LogP contribution in [-0.4, -0.2) is 30.3 Å². The Hall–Kier alpha value is -3.19. The van der Waals surface area contributed by atoms with Crippen molar-refractivity contribution >= 4 is 46.7 Å². The van der Waals surface area contributed by atoms with Crippen LogP contribution in [0.3, 0.4) is 0 Å². The van der Waals surface area contributed by atoms with Crippen molar-refractivity contribution in [2.75, 3.05) is 16.8 Å². The van der Waals surface area contributed by atoms with E-state index in [1.165, 1.54) is 17.0 Å². The number of carbonyl (C=O) groups is 4. The van der Waals surface area contributed by atoms with E-state index in [4.69, 9.17) is 16.3 Å². The molecule has 1 aliphatic heterocycles. The van der Waals surface area contributed by atoms with Gasteiger partial charge < -0.3 is 10.1 Å². The molecule has 33 heavy (non-hydrogen) atoms. The zero-order valence-electron chi connectivity index (χ0n) is 18.0. The number of rotatable bonds is 5. The number of imide groups is 1. The molecule has 2 bridgehead atoms. The number of fused-ring (bicyclic) bond motifs is 5. The second-order valence-electron chi connectivity index (χ2n) is 8.98. The number of esters is 1. The number of anilines is 2. The van der Waals surface area contributed by atoms with Crippen molar-refractivity contribution in [2.24, 2.45) is 23.7 Å². The first-order valence-electron chi connectivity index (χ1n) is 11.0. The third-order valence-corrected chi connectivity index (χ3v) is 7.57. The fraction of sp³-hybridized carbons (Fsp3) is 0.360. The maximum Gasteiger partial charge on any atom is 0.338 e. The lowest BCUT2D eigenvalue weighted by atomic mass is 9.81. The highest BCUT2D eigenvalue weighted by Crippen LogP contribution is 2.56. The van der Waals surface area contributed by atoms with Gasteiger partial charge in [-0.05, 0) is 80.0 Å². The molecule has 2 aromatic rings. The molecule has 170 valence electrons. The van der Waals surface area contributed by atoms with Crippen LogP contribution in [0.1, 0.15) is 35.2 Å². The fourth-order valence-electron chi connectivity index (χ4n) is 5.55. The van der Waals surface area contributed by atoms with Crippen LogP contribution in [0.15, 0.2) is 42.5 Å². The molecule has 3 aliphatic rings. The lowest BCUT2D eigenvalue weighted by Gasteiger charge is -2.19. The fourth-order valence-corrected chi connectivity index (χ4v) is 5.73. The van der Waals surface area contributed by atoms with Crippen LogP contribution in [-0.2, 0) is 19.1 Å². The molecule has 3 amide bonds. The third kappa shape index (κ3) is 3.70. The molecule has 2 saturated carbocycles. The minimum absolute atomic E-state index is 0.125. The zero-order chi connectivity index (χ0) is 23.3. The van der Waals surface area contributed by atoms with E-state index in [0.29, 0.717) is 28.2 Å². The number of ether oxygens (including phenoxy) is 1. The summed E-state index contributed by atoms with van der Waals surface area (Å²) in [5.74, 6) is -1.16. The van der Waals surface area contributed by atoms with E-state index < -0.39 is 18.5 Å². The Labute approximate surface area is 196 Å². The lowest BCUT2D eigenvalue weighted by Crippen LogP contribution is -2.32. The first-order valence-corrected chi connectivity index (χ1v) is 11.4. The summed E-state index contributed by atoms with van der Waals surface area (Å²) in [6.07, 6.45) is 3.03. The molecule has 2 aromatic carbocycles. The third-order valence-electron chi connectivity index (χ3n) is 7.16. The van der Waals surface area contributed by atoms with Gasteiger partial charge in [0.25, 0.3) is 5.91 Å². The van der Waals surface area contributed by atoms with E-state index in [9.17, 15) is 19.2 Å². The second kappa shape index (κ2) is 8.30. The van der Waals surface area contributed by atoms with Gasteiger partial charge >= 0.3 is 5.97 Å². The lowest BCUT2D eigenvalue weighted by molar-refractivity contribution is -0.123. The van der Waals surface area contributed by atoms with Crippen LogP contribution in [0.5, 0.6) is 0 Å². The summed E-state index contributed by atoms with van der Waals surface area (Å²) in [6.45, 7) is 1.32. The van der Waals surface area contributed by atoms with Crippen LogP contribution in [0.25, 0.3) is 0 Å². The molecule has 3 fully saturated rings. The van der Waals surface area contributed by atoms with Gasteiger partial charge in [-0.3, -0.25) is 19.3 Å². The maximum absolute atomic E-state index is 12.9. The van der Waals surface area contributed by atoms with Crippen molar-refractivity contribution in [1.29, 1.82) is 0 Å². The minimum Gasteiger partial charge on any atom is -0.452 e. The van der Waals surface area contributed by atoms with Gasteiger partial charge in [-0.25, -0.2) is 4.79 Å². The molecule has 1 heterocycles. The van der Waals surface area contributed by atoms with Crippen LogP contribution in [0.2, 0.25) is 5.02 Å². The van der Waals surface area contributed by atoms with Crippen LogP contribution in [0.4, 0.5) is 11.4 Å². The molecule has 8 heteroatoms. The van der Waals surface area contributed by atoms with Crippen molar-refractivity contribution in [3.63, 3.8) is 0 Å². The first kappa shape index (κ1) is 21.6. The number of nitrogens with zero attached hydrogens (tertiary/aromatic N) is 1. The van der Waals surface area contributed by atoms with Gasteiger partial charge in [0.05, 0.1) is 23.1 Å². The standard InChI is InChI=1S/C25H23ClN2O5/c1-13-18(26)3-2-4-19(13)27-20(29)12-33-25(32)14-7-9-17(10-8-14)28-23(30)21-15-5-6-16(11-15)22(21)24(28)31/h2-4,7-10,15-16,21-22H,5-6,11-12H2,1H3,(H,27,29)/t15-,16-,21+,22+/m0/s1. The SMILES string of the molecule is Cc1c(Cl)cccc1NC(=O)COC(=O)c1ccc(N2C(=O)[C@@H]3[C@H]4CC[C@@H](C4)[C@H]3C2=O)cc1. The molecule has 1 N–H and O–H groups in total. The Morgan fingerprint density at radius 1 is 1.03 bits per heavy atom. The Kier molecular flexibility index (Phi) is 5.44. The average molecular weight is 467 g/mol. The summed E-state index contributed by atoms with van der Waals surface area (Å²) >= 11 is 6.05. The Morgan fingerprint density at radius 2 is 1.67 bits per heavy atom. The Morgan fingerprint density at radius 3 is 2.30 bits per heavy atom. The summed E-state index contributed by atoms with van der Waals surface area (Å²) in [4.78, 5) is 51.7. The van der Waals surface area contributed by atoms with Crippen molar-refractivity contribution in [3.8, 4) is 0 Å². The molecule has 5 rings (SSSR count). The minimum atomic E-state index is -0.673. The smallest absolute Gasteiger partial charge is 0.338 e. The molecule has 7 nitrogen and oxygen atoms in total. The topological polar surface area (TPSA) is 92.8 Å². The summed E-state index contributed by atoms with van der Waals surface area (Å²) in [7, 11) is 0. The van der Waals surface area contributed by atoms with Gasteiger partial charge in [0.1, 0.15) is 0 Å².